The van der Waals surface area contributed by atoms with Crippen molar-refractivity contribution in [1.82, 2.24) is 25.7 Å². The van der Waals surface area contributed by atoms with Crippen LogP contribution in [0.2, 0.25) is 0 Å². The molecule has 10 nitrogen and oxygen atoms in total. The Morgan fingerprint density at radius 2 is 1.52 bits per heavy atom. The molecule has 0 saturated carbocycles. The Labute approximate surface area is 237 Å². The number of unbranched alkanes of at least 4 members (excludes halogenated alkanes) is 1. The minimum absolute atomic E-state index is 0.128. The predicted octanol–water partition coefficient (Wildman–Crippen LogP) is 3.68. The third-order valence-corrected chi connectivity index (χ3v) is 6.84. The highest BCUT2D eigenvalue weighted by Crippen LogP contribution is 2.18. The van der Waals surface area contributed by atoms with Crippen LogP contribution in [0.1, 0.15) is 47.2 Å². The van der Waals surface area contributed by atoms with E-state index >= 15 is 0 Å². The molecule has 0 fully saturated rings. The van der Waals surface area contributed by atoms with Crippen molar-refractivity contribution in [2.24, 2.45) is 0 Å². The first-order valence-corrected chi connectivity index (χ1v) is 14.0. The van der Waals surface area contributed by atoms with Crippen LogP contribution in [0.25, 0.3) is 0 Å². The number of nitrogens with zero attached hydrogens (tertiary/aromatic N) is 4. The van der Waals surface area contributed by atoms with E-state index in [2.05, 4.69) is 36.3 Å². The van der Waals surface area contributed by atoms with Crippen molar-refractivity contribution in [1.29, 1.82) is 0 Å². The number of rotatable bonds is 14. The molecule has 2 amide bonds. The number of anilines is 2. The fraction of sp³-hybridized carbons (Fsp3) is 0.310. The summed E-state index contributed by atoms with van der Waals surface area (Å²) in [4.78, 5) is 24.7. The van der Waals surface area contributed by atoms with E-state index in [0.717, 1.165) is 53.1 Å². The van der Waals surface area contributed by atoms with E-state index < -0.39 is 6.23 Å². The molecule has 208 valence electrons. The molecule has 40 heavy (non-hydrogen) atoms. The van der Waals surface area contributed by atoms with Gasteiger partial charge in [-0.2, -0.15) is 5.10 Å². The molecule has 4 N–H and O–H groups in total. The maximum atomic E-state index is 12.5. The highest BCUT2D eigenvalue weighted by molar-refractivity contribution is 7.15. The van der Waals surface area contributed by atoms with Crippen molar-refractivity contribution in [2.75, 3.05) is 10.6 Å². The van der Waals surface area contributed by atoms with Crippen molar-refractivity contribution < 1.29 is 14.7 Å². The first-order valence-electron chi connectivity index (χ1n) is 13.2. The average Bonchev–Trinajstić information content (AvgIpc) is 3.38. The lowest BCUT2D eigenvalue weighted by molar-refractivity contribution is -0.116. The van der Waals surface area contributed by atoms with Gasteiger partial charge in [-0.05, 0) is 55.0 Å². The van der Waals surface area contributed by atoms with E-state index in [-0.39, 0.29) is 18.2 Å². The molecule has 2 aromatic heterocycles. The summed E-state index contributed by atoms with van der Waals surface area (Å²) in [6.07, 6.45) is 3.24. The van der Waals surface area contributed by atoms with Crippen LogP contribution in [0.5, 0.6) is 0 Å². The molecule has 11 heteroatoms. The topological polar surface area (TPSA) is 142 Å². The molecule has 4 rings (SSSR count). The lowest BCUT2D eigenvalue weighted by Crippen LogP contribution is -2.24. The second-order valence-corrected chi connectivity index (χ2v) is 10.5. The molecule has 2 heterocycles. The molecule has 0 aliphatic heterocycles. The molecule has 0 aliphatic carbocycles. The molecule has 0 aliphatic rings. The van der Waals surface area contributed by atoms with Gasteiger partial charge in [-0.25, -0.2) is 0 Å². The van der Waals surface area contributed by atoms with Crippen LogP contribution in [0.15, 0.2) is 66.7 Å². The van der Waals surface area contributed by atoms with Crippen LogP contribution in [0, 0.1) is 0 Å². The second-order valence-electron chi connectivity index (χ2n) is 9.43. The van der Waals surface area contributed by atoms with Gasteiger partial charge in [0.1, 0.15) is 11.2 Å². The quantitative estimate of drug-likeness (QED) is 0.135. The number of aliphatic hydroxyl groups excluding tert-OH is 1. The number of aromatic nitrogens is 4. The monoisotopic (exact) mass is 559 g/mol. The van der Waals surface area contributed by atoms with Gasteiger partial charge in [-0.15, -0.1) is 15.3 Å². The molecule has 0 bridgehead atoms. The Balaban J connectivity index is 1.14. The Bertz CT molecular complexity index is 1380. The lowest BCUT2D eigenvalue weighted by atomic mass is 10.1. The van der Waals surface area contributed by atoms with Gasteiger partial charge in [0.15, 0.2) is 5.82 Å². The number of aryl methyl sites for hydroxylation is 2. The summed E-state index contributed by atoms with van der Waals surface area (Å²) in [6, 6.07) is 20.9. The molecule has 4 aromatic rings. The standard InChI is InChI=1S/C29H33N7O3S/c1-20(37)30-19-23-11-7-10-22(16-23)18-27(39)32-29-36-35-28(40-29)13-6-5-12-24-14-15-25(34-33-24)31-26(38)17-21-8-3-2-4-9-21/h2-4,7-11,14-16,20,30,37H,5-6,12-13,17-19H2,1H3,(H,31,34,38)(H,32,36,39). The number of amides is 2. The summed E-state index contributed by atoms with van der Waals surface area (Å²) in [5.74, 6) is 0.160. The Hall–Kier alpha value is -4.06. The first kappa shape index (κ1) is 28.9. The SMILES string of the molecule is CC(O)NCc1cccc(CC(=O)Nc2nnc(CCCCc3ccc(NC(=O)Cc4ccccc4)nn3)s2)c1. The van der Waals surface area contributed by atoms with Gasteiger partial charge in [0.25, 0.3) is 0 Å². The largest absolute Gasteiger partial charge is 0.379 e. The summed E-state index contributed by atoms with van der Waals surface area (Å²) in [5, 5.41) is 35.9. The third-order valence-electron chi connectivity index (χ3n) is 5.94. The zero-order valence-electron chi connectivity index (χ0n) is 22.3. The first-order chi connectivity index (χ1) is 19.4. The van der Waals surface area contributed by atoms with Crippen molar-refractivity contribution in [3.63, 3.8) is 0 Å². The number of carbonyl (C=O) groups excluding carboxylic acids is 2. The maximum absolute atomic E-state index is 12.5. The fourth-order valence-electron chi connectivity index (χ4n) is 3.98. The van der Waals surface area contributed by atoms with Crippen LogP contribution >= 0.6 is 11.3 Å². The normalized spacial score (nSPS) is 11.7. The highest BCUT2D eigenvalue weighted by atomic mass is 32.1. The number of aliphatic hydroxyl groups is 1. The number of hydrogen-bond donors (Lipinski definition) is 4. The van der Waals surface area contributed by atoms with Crippen molar-refractivity contribution in [3.05, 3.63) is 94.1 Å². The average molecular weight is 560 g/mol. The van der Waals surface area contributed by atoms with Gasteiger partial charge in [-0.3, -0.25) is 14.9 Å². The number of nitrogens with one attached hydrogen (secondary N) is 3. The van der Waals surface area contributed by atoms with Crippen LogP contribution < -0.4 is 16.0 Å². The molecule has 0 spiro atoms. The van der Waals surface area contributed by atoms with E-state index in [0.29, 0.717) is 23.9 Å². The van der Waals surface area contributed by atoms with Crippen molar-refractivity contribution in [3.8, 4) is 0 Å². The van der Waals surface area contributed by atoms with Gasteiger partial charge in [-0.1, -0.05) is 65.9 Å². The van der Waals surface area contributed by atoms with Crippen LogP contribution in [-0.2, 0) is 41.8 Å². The van der Waals surface area contributed by atoms with Gasteiger partial charge < -0.3 is 15.7 Å². The molecule has 2 aromatic carbocycles. The van der Waals surface area contributed by atoms with E-state index in [1.54, 1.807) is 13.0 Å². The summed E-state index contributed by atoms with van der Waals surface area (Å²) in [5.41, 5.74) is 3.69. The van der Waals surface area contributed by atoms with E-state index in [1.807, 2.05) is 60.7 Å². The predicted molar refractivity (Wildman–Crippen MR) is 155 cm³/mol. The third kappa shape index (κ3) is 9.92. The molecule has 1 atom stereocenters. The highest BCUT2D eigenvalue weighted by Gasteiger charge is 2.10. The van der Waals surface area contributed by atoms with Gasteiger partial charge >= 0.3 is 0 Å². The van der Waals surface area contributed by atoms with Gasteiger partial charge in [0.05, 0.1) is 18.5 Å². The van der Waals surface area contributed by atoms with Crippen LogP contribution in [0.4, 0.5) is 10.9 Å². The summed E-state index contributed by atoms with van der Waals surface area (Å²) < 4.78 is 0. The van der Waals surface area contributed by atoms with Crippen molar-refractivity contribution in [2.45, 2.75) is 58.2 Å². The van der Waals surface area contributed by atoms with E-state index in [4.69, 9.17) is 0 Å². The maximum Gasteiger partial charge on any atom is 0.230 e. The molecular formula is C29H33N7O3S. The molecule has 0 saturated heterocycles. The van der Waals surface area contributed by atoms with E-state index in [9.17, 15) is 14.7 Å². The summed E-state index contributed by atoms with van der Waals surface area (Å²) >= 11 is 1.38. The minimum Gasteiger partial charge on any atom is -0.379 e. The Morgan fingerprint density at radius 1 is 0.800 bits per heavy atom. The van der Waals surface area contributed by atoms with Gasteiger partial charge in [0, 0.05) is 13.0 Å². The van der Waals surface area contributed by atoms with E-state index in [1.165, 1.54) is 11.3 Å². The van der Waals surface area contributed by atoms with Gasteiger partial charge in [0.2, 0.25) is 16.9 Å². The summed E-state index contributed by atoms with van der Waals surface area (Å²) in [6.45, 7) is 2.19. The fourth-order valence-corrected chi connectivity index (χ4v) is 4.78. The summed E-state index contributed by atoms with van der Waals surface area (Å²) in [7, 11) is 0. The van der Waals surface area contributed by atoms with Crippen molar-refractivity contribution >= 4 is 34.1 Å². The lowest BCUT2D eigenvalue weighted by Gasteiger charge is -2.08. The zero-order chi connectivity index (χ0) is 28.2. The number of hydrogen-bond acceptors (Lipinski definition) is 9. The number of benzene rings is 2. The van der Waals surface area contributed by atoms with Crippen LogP contribution in [-0.4, -0.2) is 43.5 Å². The second kappa shape index (κ2) is 14.9. The smallest absolute Gasteiger partial charge is 0.230 e. The Morgan fingerprint density at radius 3 is 2.30 bits per heavy atom. The number of carbonyl (C=O) groups is 2. The zero-order valence-corrected chi connectivity index (χ0v) is 23.2. The molecular weight excluding hydrogens is 526 g/mol. The molecule has 1 unspecified atom stereocenters. The minimum atomic E-state index is -0.593. The van der Waals surface area contributed by atoms with Crippen LogP contribution in [0.3, 0.4) is 0 Å². The molecule has 0 radical (unpaired) electrons. The Kier molecular flexibility index (Phi) is 10.8.